The SMILES string of the molecule is C.CN1CC(=O)NC1=N.C[N+]1=C(N)NC(=O)C1.Cl.[Cl-]. The standard InChI is InChI=1S/2C4H7N3O.CH4.2ClH/c2*1-7-2-3(8)6-4(7)5;;;/h2*2H2,1H3,(H2,5,6,8);1H4;2*1H. The lowest BCUT2D eigenvalue weighted by Crippen LogP contribution is -3.00. The molecule has 8 nitrogen and oxygen atoms in total. The smallest absolute Gasteiger partial charge is 0.351 e. The first kappa shape index (κ1) is 22.6. The molecule has 2 aliphatic rings. The Morgan fingerprint density at radius 2 is 1.84 bits per heavy atom. The Kier molecular flexibility index (Phi) is 11.2. The van der Waals surface area contributed by atoms with E-state index < -0.39 is 0 Å². The highest BCUT2D eigenvalue weighted by Crippen LogP contribution is 1.89. The summed E-state index contributed by atoms with van der Waals surface area (Å²) < 4.78 is 1.66. The summed E-state index contributed by atoms with van der Waals surface area (Å²) in [5.74, 6) is 0.493. The van der Waals surface area contributed by atoms with Gasteiger partial charge in [0.05, 0.1) is 13.6 Å². The van der Waals surface area contributed by atoms with Gasteiger partial charge in [-0.2, -0.15) is 0 Å². The van der Waals surface area contributed by atoms with Crippen LogP contribution >= 0.6 is 12.4 Å². The van der Waals surface area contributed by atoms with Gasteiger partial charge >= 0.3 is 11.9 Å². The highest BCUT2D eigenvalue weighted by atomic mass is 35.5. The summed E-state index contributed by atoms with van der Waals surface area (Å²) >= 11 is 0. The van der Waals surface area contributed by atoms with E-state index in [4.69, 9.17) is 11.1 Å². The number of carbonyl (C=O) groups is 2. The largest absolute Gasteiger partial charge is 1.00 e. The monoisotopic (exact) mass is 314 g/mol. The molecule has 0 atom stereocenters. The lowest BCUT2D eigenvalue weighted by atomic mass is 10.6. The molecule has 1 fully saturated rings. The van der Waals surface area contributed by atoms with Crippen LogP contribution in [0.25, 0.3) is 0 Å². The zero-order valence-electron chi connectivity index (χ0n) is 9.99. The summed E-state index contributed by atoms with van der Waals surface area (Å²) in [5.41, 5.74) is 5.28. The van der Waals surface area contributed by atoms with Crippen LogP contribution in [0.3, 0.4) is 0 Å². The summed E-state index contributed by atoms with van der Waals surface area (Å²) in [6, 6.07) is 0. The molecule has 5 N–H and O–H groups in total. The van der Waals surface area contributed by atoms with E-state index in [0.29, 0.717) is 19.0 Å². The Balaban J connectivity index is -0.000000233. The molecular formula is C9H20Cl2N6O2. The topological polar surface area (TPSA) is 114 Å². The van der Waals surface area contributed by atoms with E-state index in [-0.39, 0.29) is 50.0 Å². The van der Waals surface area contributed by atoms with E-state index in [9.17, 15) is 9.59 Å². The summed E-state index contributed by atoms with van der Waals surface area (Å²) in [6.07, 6.45) is 0. The number of amides is 2. The fourth-order valence-electron chi connectivity index (χ4n) is 1.14. The number of hydrogen-bond donors (Lipinski definition) is 4. The van der Waals surface area contributed by atoms with Crippen molar-refractivity contribution >= 4 is 36.1 Å². The van der Waals surface area contributed by atoms with Gasteiger partial charge in [0.1, 0.15) is 0 Å². The first-order valence-corrected chi connectivity index (χ1v) is 4.63. The van der Waals surface area contributed by atoms with Crippen molar-refractivity contribution in [1.82, 2.24) is 15.5 Å². The zero-order valence-corrected chi connectivity index (χ0v) is 11.6. The molecule has 0 aromatic rings. The Morgan fingerprint density at radius 1 is 1.32 bits per heavy atom. The van der Waals surface area contributed by atoms with E-state index in [0.717, 1.165) is 0 Å². The third-order valence-corrected chi connectivity index (χ3v) is 2.08. The number of carbonyl (C=O) groups excluding carboxylic acids is 2. The first-order valence-electron chi connectivity index (χ1n) is 4.63. The predicted octanol–water partition coefficient (Wildman–Crippen LogP) is -4.88. The van der Waals surface area contributed by atoms with Crippen LogP contribution in [0.2, 0.25) is 0 Å². The van der Waals surface area contributed by atoms with Gasteiger partial charge in [-0.1, -0.05) is 7.43 Å². The van der Waals surface area contributed by atoms with Crippen LogP contribution < -0.4 is 28.8 Å². The maximum absolute atomic E-state index is 10.4. The molecule has 10 heteroatoms. The summed E-state index contributed by atoms with van der Waals surface area (Å²) in [6.45, 7) is 0.699. The maximum atomic E-state index is 10.4. The van der Waals surface area contributed by atoms with Gasteiger partial charge in [-0.25, -0.2) is 5.32 Å². The van der Waals surface area contributed by atoms with Gasteiger partial charge in [-0.3, -0.25) is 30.6 Å². The second-order valence-electron chi connectivity index (χ2n) is 3.54. The number of nitrogens with one attached hydrogen (secondary N) is 3. The Labute approximate surface area is 124 Å². The molecule has 0 radical (unpaired) electrons. The molecular weight excluding hydrogens is 295 g/mol. The van der Waals surface area contributed by atoms with Gasteiger partial charge in [-0.15, -0.1) is 12.4 Å². The number of nitrogens with two attached hydrogens (primary N) is 1. The highest BCUT2D eigenvalue weighted by Gasteiger charge is 2.20. The van der Waals surface area contributed by atoms with E-state index in [2.05, 4.69) is 10.6 Å². The molecule has 2 rings (SSSR count). The van der Waals surface area contributed by atoms with Crippen molar-refractivity contribution in [3.63, 3.8) is 0 Å². The van der Waals surface area contributed by atoms with Crippen molar-refractivity contribution < 1.29 is 26.6 Å². The molecule has 0 spiro atoms. The zero-order chi connectivity index (χ0) is 12.3. The molecule has 0 bridgehead atoms. The summed E-state index contributed by atoms with van der Waals surface area (Å²) in [7, 11) is 3.45. The minimum absolute atomic E-state index is 0. The predicted molar refractivity (Wildman–Crippen MR) is 70.9 cm³/mol. The van der Waals surface area contributed by atoms with Crippen molar-refractivity contribution in [1.29, 1.82) is 5.41 Å². The number of guanidine groups is 2. The van der Waals surface area contributed by atoms with E-state index in [1.54, 1.807) is 23.6 Å². The van der Waals surface area contributed by atoms with Crippen molar-refractivity contribution in [3.05, 3.63) is 0 Å². The molecule has 0 saturated carbocycles. The van der Waals surface area contributed by atoms with Crippen LogP contribution in [-0.4, -0.2) is 60.4 Å². The Morgan fingerprint density at radius 3 is 1.95 bits per heavy atom. The average molecular weight is 315 g/mol. The maximum Gasteiger partial charge on any atom is 0.351 e. The molecule has 2 heterocycles. The molecule has 0 aliphatic carbocycles. The Hall–Kier alpha value is -1.54. The average Bonchev–Trinajstić information content (AvgIpc) is 2.58. The molecule has 0 aromatic heterocycles. The van der Waals surface area contributed by atoms with E-state index in [1.807, 2.05) is 0 Å². The molecule has 112 valence electrons. The Bertz CT molecular complexity index is 369. The molecule has 0 aromatic carbocycles. The molecule has 2 amide bonds. The number of halogens is 2. The van der Waals surface area contributed by atoms with Crippen LogP contribution in [0.5, 0.6) is 0 Å². The molecule has 1 saturated heterocycles. The van der Waals surface area contributed by atoms with Crippen LogP contribution in [-0.2, 0) is 9.59 Å². The van der Waals surface area contributed by atoms with Gasteiger partial charge < -0.3 is 17.3 Å². The van der Waals surface area contributed by atoms with E-state index >= 15 is 0 Å². The molecule has 19 heavy (non-hydrogen) atoms. The fraction of sp³-hybridized carbons (Fsp3) is 0.556. The highest BCUT2D eigenvalue weighted by molar-refractivity contribution is 6.02. The van der Waals surface area contributed by atoms with Crippen LogP contribution in [0.15, 0.2) is 0 Å². The van der Waals surface area contributed by atoms with Gasteiger partial charge in [-0.05, 0) is 0 Å². The number of likely N-dealkylation sites (N-methyl/N-ethyl adjacent to an activating group) is 2. The molecule has 2 aliphatic heterocycles. The lowest BCUT2D eigenvalue weighted by Gasteiger charge is -2.03. The fourth-order valence-corrected chi connectivity index (χ4v) is 1.14. The van der Waals surface area contributed by atoms with Crippen molar-refractivity contribution in [3.8, 4) is 0 Å². The minimum Gasteiger partial charge on any atom is -1.00 e. The van der Waals surface area contributed by atoms with Gasteiger partial charge in [0.25, 0.3) is 0 Å². The number of nitrogens with zero attached hydrogens (tertiary/aromatic N) is 2. The second kappa shape index (κ2) is 9.40. The van der Waals surface area contributed by atoms with Crippen molar-refractivity contribution in [2.75, 3.05) is 27.2 Å². The second-order valence-corrected chi connectivity index (χ2v) is 3.54. The third-order valence-electron chi connectivity index (χ3n) is 2.08. The lowest BCUT2D eigenvalue weighted by molar-refractivity contribution is -0.480. The normalized spacial score (nSPS) is 16.3. The molecule has 0 unspecified atom stereocenters. The van der Waals surface area contributed by atoms with E-state index in [1.165, 1.54) is 0 Å². The van der Waals surface area contributed by atoms with Gasteiger partial charge in [0.15, 0.2) is 12.5 Å². The first-order chi connectivity index (χ1) is 7.40. The van der Waals surface area contributed by atoms with Crippen molar-refractivity contribution in [2.45, 2.75) is 7.43 Å². The van der Waals surface area contributed by atoms with Gasteiger partial charge in [0.2, 0.25) is 5.91 Å². The summed E-state index contributed by atoms with van der Waals surface area (Å²) in [4.78, 5) is 22.3. The van der Waals surface area contributed by atoms with Gasteiger partial charge in [0, 0.05) is 7.05 Å². The van der Waals surface area contributed by atoms with Crippen LogP contribution in [0.4, 0.5) is 0 Å². The number of hydrogen-bond acceptors (Lipinski definition) is 4. The summed E-state index contributed by atoms with van der Waals surface area (Å²) in [5, 5.41) is 11.8. The third kappa shape index (κ3) is 6.82. The quantitative estimate of drug-likeness (QED) is 0.336. The number of rotatable bonds is 0. The van der Waals surface area contributed by atoms with Crippen molar-refractivity contribution in [2.24, 2.45) is 5.73 Å². The van der Waals surface area contributed by atoms with Crippen LogP contribution in [0, 0.1) is 5.41 Å². The van der Waals surface area contributed by atoms with Crippen LogP contribution in [0.1, 0.15) is 7.43 Å². The minimum atomic E-state index is -0.0995.